The minimum absolute atomic E-state index is 0.00639. The van der Waals surface area contributed by atoms with Gasteiger partial charge in [0.25, 0.3) is 0 Å². The van der Waals surface area contributed by atoms with Crippen molar-refractivity contribution in [3.63, 3.8) is 0 Å². The highest BCUT2D eigenvalue weighted by Gasteiger charge is 2.60. The Labute approximate surface area is 258 Å². The van der Waals surface area contributed by atoms with Crippen LogP contribution in [0.1, 0.15) is 91.9 Å². The predicted molar refractivity (Wildman–Crippen MR) is 153 cm³/mol. The quantitative estimate of drug-likeness (QED) is 0.0757. The lowest BCUT2D eigenvalue weighted by Gasteiger charge is -2.45. The van der Waals surface area contributed by atoms with Crippen LogP contribution in [0, 0.1) is 5.92 Å². The molecule has 2 aliphatic rings. The van der Waals surface area contributed by atoms with E-state index in [2.05, 4.69) is 6.92 Å². The van der Waals surface area contributed by atoms with Crippen molar-refractivity contribution < 1.29 is 68.3 Å². The van der Waals surface area contributed by atoms with E-state index in [0.29, 0.717) is 6.42 Å². The summed E-state index contributed by atoms with van der Waals surface area (Å²) in [6.45, 7) is 4.09. The molecular weight excluding hydrogens is 584 g/mol. The van der Waals surface area contributed by atoms with Crippen molar-refractivity contribution in [2.75, 3.05) is 19.8 Å². The molecule has 2 fully saturated rings. The van der Waals surface area contributed by atoms with Gasteiger partial charge >= 0.3 is 17.9 Å². The molecule has 2 rings (SSSR count). The minimum Gasteiger partial charge on any atom is -0.460 e. The van der Waals surface area contributed by atoms with Gasteiger partial charge in [0, 0.05) is 13.3 Å². The summed E-state index contributed by atoms with van der Waals surface area (Å²) in [4.78, 5) is 37.2. The maximum atomic E-state index is 13.0. The van der Waals surface area contributed by atoms with E-state index in [0.717, 1.165) is 32.6 Å². The van der Waals surface area contributed by atoms with E-state index < -0.39 is 98.5 Å². The van der Waals surface area contributed by atoms with Crippen molar-refractivity contribution in [1.82, 2.24) is 0 Å². The van der Waals surface area contributed by atoms with Crippen molar-refractivity contribution in [2.24, 2.45) is 5.92 Å². The average molecular weight is 637 g/mol. The van der Waals surface area contributed by atoms with Gasteiger partial charge < -0.3 is 54.0 Å². The molecule has 0 unspecified atom stereocenters. The molecule has 14 heteroatoms. The van der Waals surface area contributed by atoms with Crippen molar-refractivity contribution in [2.45, 2.75) is 147 Å². The SMILES string of the molecule is CCCCCCCCCCCC(=O)O[C@H]1[C@@H](O[C@]2(COC(C)=O)O[C@H](CO)[C@H](O)[C@@H]2O)O[C@H](CO)[C@@H](O)[C@@H]1OC(=O)C(C)C. The summed E-state index contributed by atoms with van der Waals surface area (Å²) < 4.78 is 33.4. The molecule has 0 aromatic heterocycles. The molecular formula is C30H52O14. The second-order valence-corrected chi connectivity index (χ2v) is 11.8. The molecule has 9 atom stereocenters. The minimum atomic E-state index is -2.33. The standard InChI is InChI=1S/C30H52O14/c1-5-6-7-8-9-10-11-12-13-14-22(34)41-26-25(42-28(38)18(2)3)23(35)20(15-31)40-29(26)44-30(17-39-19(4)33)27(37)24(36)21(16-32)43-30/h18,20-21,23-27,29,31-32,35-37H,5-17H2,1-4H3/t20-,21-,23-,24+,25+,26-,27+,29-,30+/m1/s1. The van der Waals surface area contributed by atoms with Crippen molar-refractivity contribution in [3.05, 3.63) is 0 Å². The maximum Gasteiger partial charge on any atom is 0.308 e. The van der Waals surface area contributed by atoms with E-state index in [-0.39, 0.29) is 6.42 Å². The smallest absolute Gasteiger partial charge is 0.308 e. The monoisotopic (exact) mass is 636 g/mol. The fourth-order valence-electron chi connectivity index (χ4n) is 5.11. The Balaban J connectivity index is 2.26. The van der Waals surface area contributed by atoms with Gasteiger partial charge in [-0.15, -0.1) is 0 Å². The van der Waals surface area contributed by atoms with Crippen LogP contribution in [0.3, 0.4) is 0 Å². The summed E-state index contributed by atoms with van der Waals surface area (Å²) in [6.07, 6.45) is -3.69. The van der Waals surface area contributed by atoms with Crippen molar-refractivity contribution in [3.8, 4) is 0 Å². The Morgan fingerprint density at radius 1 is 0.818 bits per heavy atom. The number of carbonyl (C=O) groups excluding carboxylic acids is 3. The van der Waals surface area contributed by atoms with Crippen molar-refractivity contribution >= 4 is 17.9 Å². The number of hydrogen-bond donors (Lipinski definition) is 5. The fourth-order valence-corrected chi connectivity index (χ4v) is 5.11. The van der Waals surface area contributed by atoms with Crippen LogP contribution >= 0.6 is 0 Å². The first-order valence-electron chi connectivity index (χ1n) is 15.7. The second-order valence-electron chi connectivity index (χ2n) is 11.8. The molecule has 14 nitrogen and oxygen atoms in total. The number of esters is 3. The third-order valence-corrected chi connectivity index (χ3v) is 7.75. The van der Waals surface area contributed by atoms with Gasteiger partial charge in [0.1, 0.15) is 37.1 Å². The van der Waals surface area contributed by atoms with Crippen LogP contribution in [0.5, 0.6) is 0 Å². The fraction of sp³-hybridized carbons (Fsp3) is 0.900. The molecule has 0 amide bonds. The van der Waals surface area contributed by atoms with Gasteiger partial charge in [-0.05, 0) is 6.42 Å². The van der Waals surface area contributed by atoms with Gasteiger partial charge in [-0.1, -0.05) is 72.1 Å². The summed E-state index contributed by atoms with van der Waals surface area (Å²) in [5.41, 5.74) is 0. The van der Waals surface area contributed by atoms with Crippen molar-refractivity contribution in [1.29, 1.82) is 0 Å². The molecule has 2 heterocycles. The lowest BCUT2D eigenvalue weighted by molar-refractivity contribution is -0.384. The van der Waals surface area contributed by atoms with E-state index in [4.69, 9.17) is 28.4 Å². The molecule has 0 bridgehead atoms. The van der Waals surface area contributed by atoms with E-state index in [1.807, 2.05) is 0 Å². The predicted octanol–water partition coefficient (Wildman–Crippen LogP) is 0.854. The topological polar surface area (TPSA) is 208 Å². The van der Waals surface area contributed by atoms with Crippen LogP contribution in [0.4, 0.5) is 0 Å². The number of carbonyl (C=O) groups is 3. The zero-order chi connectivity index (χ0) is 32.9. The highest BCUT2D eigenvalue weighted by Crippen LogP contribution is 2.38. The Morgan fingerprint density at radius 3 is 1.93 bits per heavy atom. The summed E-state index contributed by atoms with van der Waals surface area (Å²) >= 11 is 0. The molecule has 0 spiro atoms. The van der Waals surface area contributed by atoms with Gasteiger partial charge in [0.15, 0.2) is 12.2 Å². The second kappa shape index (κ2) is 18.9. The van der Waals surface area contributed by atoms with Crippen LogP contribution < -0.4 is 0 Å². The summed E-state index contributed by atoms with van der Waals surface area (Å²) in [5.74, 6) is -5.20. The molecule has 0 aromatic carbocycles. The Bertz CT molecular complexity index is 884. The van der Waals surface area contributed by atoms with Gasteiger partial charge in [0.05, 0.1) is 19.1 Å². The largest absolute Gasteiger partial charge is 0.460 e. The normalized spacial score (nSPS) is 32.0. The number of hydrogen-bond acceptors (Lipinski definition) is 14. The number of rotatable bonds is 19. The van der Waals surface area contributed by atoms with Gasteiger partial charge in [-0.25, -0.2) is 0 Å². The van der Waals surface area contributed by atoms with Crippen LogP contribution in [0.25, 0.3) is 0 Å². The third kappa shape index (κ3) is 10.9. The first-order valence-corrected chi connectivity index (χ1v) is 15.7. The lowest BCUT2D eigenvalue weighted by atomic mass is 9.97. The van der Waals surface area contributed by atoms with E-state index in [9.17, 15) is 39.9 Å². The van der Waals surface area contributed by atoms with Gasteiger partial charge in [-0.2, -0.15) is 0 Å². The number of aliphatic hydroxyl groups is 5. The van der Waals surface area contributed by atoms with E-state index in [1.165, 1.54) is 25.7 Å². The van der Waals surface area contributed by atoms with Crippen LogP contribution in [0.15, 0.2) is 0 Å². The molecule has 0 radical (unpaired) electrons. The van der Waals surface area contributed by atoms with Crippen LogP contribution in [-0.4, -0.2) is 118 Å². The first-order chi connectivity index (χ1) is 20.9. The Hall–Kier alpha value is -1.91. The first kappa shape index (κ1) is 38.3. The number of unbranched alkanes of at least 4 members (excludes halogenated alkanes) is 8. The molecule has 0 saturated carbocycles. The maximum absolute atomic E-state index is 13.0. The Kier molecular flexibility index (Phi) is 16.5. The third-order valence-electron chi connectivity index (χ3n) is 7.75. The van der Waals surface area contributed by atoms with Crippen LogP contribution in [0.2, 0.25) is 0 Å². The highest BCUT2D eigenvalue weighted by molar-refractivity contribution is 5.72. The molecule has 44 heavy (non-hydrogen) atoms. The van der Waals surface area contributed by atoms with E-state index >= 15 is 0 Å². The zero-order valence-electron chi connectivity index (χ0n) is 26.3. The van der Waals surface area contributed by atoms with Crippen LogP contribution in [-0.2, 0) is 42.8 Å². The van der Waals surface area contributed by atoms with Gasteiger partial charge in [0.2, 0.25) is 12.1 Å². The zero-order valence-corrected chi connectivity index (χ0v) is 26.3. The number of aliphatic hydroxyl groups excluding tert-OH is 5. The lowest BCUT2D eigenvalue weighted by Crippen LogP contribution is -2.64. The van der Waals surface area contributed by atoms with Gasteiger partial charge in [-0.3, -0.25) is 14.4 Å². The Morgan fingerprint density at radius 2 is 1.41 bits per heavy atom. The molecule has 2 saturated heterocycles. The molecule has 0 aromatic rings. The van der Waals surface area contributed by atoms with E-state index in [1.54, 1.807) is 13.8 Å². The summed E-state index contributed by atoms with van der Waals surface area (Å²) in [5, 5.41) is 51.9. The molecule has 0 aliphatic carbocycles. The molecule has 2 aliphatic heterocycles. The average Bonchev–Trinajstić information content (AvgIpc) is 3.22. The number of ether oxygens (including phenoxy) is 6. The summed E-state index contributed by atoms with van der Waals surface area (Å²) in [7, 11) is 0. The molecule has 256 valence electrons. The summed E-state index contributed by atoms with van der Waals surface area (Å²) in [6, 6.07) is 0. The highest BCUT2D eigenvalue weighted by atomic mass is 16.8. The molecule has 5 N–H and O–H groups in total.